The number of nitrogens with one attached hydrogen (secondary N) is 1. The van der Waals surface area contributed by atoms with Crippen LogP contribution in [0.2, 0.25) is 0 Å². The zero-order valence-corrected chi connectivity index (χ0v) is 8.08. The van der Waals surface area contributed by atoms with Gasteiger partial charge in [0.05, 0.1) is 12.4 Å². The molecular formula is C9H9N5O. The predicted molar refractivity (Wildman–Crippen MR) is 52.5 cm³/mol. The fourth-order valence-corrected chi connectivity index (χ4v) is 1.11. The summed E-state index contributed by atoms with van der Waals surface area (Å²) in [4.78, 5) is 23.3. The van der Waals surface area contributed by atoms with E-state index < -0.39 is 0 Å². The third kappa shape index (κ3) is 1.83. The van der Waals surface area contributed by atoms with Crippen LogP contribution in [-0.2, 0) is 0 Å². The molecule has 0 atom stereocenters. The van der Waals surface area contributed by atoms with Gasteiger partial charge in [-0.3, -0.25) is 14.3 Å². The molecule has 2 heterocycles. The summed E-state index contributed by atoms with van der Waals surface area (Å²) in [5.41, 5.74) is 0.281. The van der Waals surface area contributed by atoms with Crippen LogP contribution in [0, 0.1) is 0 Å². The highest BCUT2D eigenvalue weighted by Gasteiger charge is 2.06. The lowest BCUT2D eigenvalue weighted by Gasteiger charge is -2.02. The minimum Gasteiger partial charge on any atom is -0.354 e. The standard InChI is InChI=1S/C9H9N5O/c1-10-9(15)7-4-12-5-8(13-7)14-3-2-11-6-14/h2-6H,1H3,(H,10,15). The number of nitrogens with zero attached hydrogens (tertiary/aromatic N) is 4. The summed E-state index contributed by atoms with van der Waals surface area (Å²) in [6.45, 7) is 0. The fraction of sp³-hybridized carbons (Fsp3) is 0.111. The number of hydrogen-bond acceptors (Lipinski definition) is 4. The molecule has 0 saturated heterocycles. The van der Waals surface area contributed by atoms with Crippen LogP contribution in [0.25, 0.3) is 5.82 Å². The fourth-order valence-electron chi connectivity index (χ4n) is 1.11. The molecule has 6 nitrogen and oxygen atoms in total. The van der Waals surface area contributed by atoms with Crippen LogP contribution in [0.3, 0.4) is 0 Å². The molecule has 0 aliphatic heterocycles. The first-order valence-electron chi connectivity index (χ1n) is 4.33. The van der Waals surface area contributed by atoms with E-state index in [9.17, 15) is 4.79 Å². The SMILES string of the molecule is CNC(=O)c1cncc(-n2ccnc2)n1. The average molecular weight is 203 g/mol. The number of imidazole rings is 1. The maximum absolute atomic E-state index is 11.3. The second kappa shape index (κ2) is 3.87. The Labute approximate surface area is 86.0 Å². The van der Waals surface area contributed by atoms with E-state index in [0.717, 1.165) is 0 Å². The molecule has 0 aliphatic rings. The molecule has 0 saturated carbocycles. The molecule has 0 fully saturated rings. The number of hydrogen-bond donors (Lipinski definition) is 1. The van der Waals surface area contributed by atoms with Crippen LogP contribution in [-0.4, -0.2) is 32.5 Å². The van der Waals surface area contributed by atoms with E-state index in [2.05, 4.69) is 20.3 Å². The Balaban J connectivity index is 2.39. The topological polar surface area (TPSA) is 72.7 Å². The molecule has 15 heavy (non-hydrogen) atoms. The monoisotopic (exact) mass is 203 g/mol. The van der Waals surface area contributed by atoms with Crippen LogP contribution < -0.4 is 5.32 Å². The van der Waals surface area contributed by atoms with Crippen LogP contribution in [0.1, 0.15) is 10.5 Å². The molecule has 0 aromatic carbocycles. The van der Waals surface area contributed by atoms with E-state index in [-0.39, 0.29) is 11.6 Å². The molecule has 76 valence electrons. The van der Waals surface area contributed by atoms with E-state index in [1.165, 1.54) is 6.20 Å². The lowest BCUT2D eigenvalue weighted by Crippen LogP contribution is -2.20. The zero-order valence-electron chi connectivity index (χ0n) is 8.08. The van der Waals surface area contributed by atoms with Crippen LogP contribution in [0.4, 0.5) is 0 Å². The van der Waals surface area contributed by atoms with Gasteiger partial charge in [-0.2, -0.15) is 0 Å². The van der Waals surface area contributed by atoms with E-state index in [1.807, 2.05) is 0 Å². The first kappa shape index (κ1) is 9.32. The number of amides is 1. The van der Waals surface area contributed by atoms with Crippen molar-refractivity contribution in [2.45, 2.75) is 0 Å². The van der Waals surface area contributed by atoms with Gasteiger partial charge >= 0.3 is 0 Å². The van der Waals surface area contributed by atoms with Gasteiger partial charge in [0, 0.05) is 19.4 Å². The van der Waals surface area contributed by atoms with E-state index in [0.29, 0.717) is 5.82 Å². The minimum absolute atomic E-state index is 0.260. The van der Waals surface area contributed by atoms with Crippen molar-refractivity contribution in [3.63, 3.8) is 0 Å². The summed E-state index contributed by atoms with van der Waals surface area (Å²) < 4.78 is 1.68. The lowest BCUT2D eigenvalue weighted by atomic mass is 10.4. The van der Waals surface area contributed by atoms with Crippen LogP contribution in [0.15, 0.2) is 31.1 Å². The predicted octanol–water partition coefficient (Wildman–Crippen LogP) is 0.0219. The molecular weight excluding hydrogens is 194 g/mol. The van der Waals surface area contributed by atoms with Gasteiger partial charge in [-0.05, 0) is 0 Å². The van der Waals surface area contributed by atoms with E-state index >= 15 is 0 Å². The van der Waals surface area contributed by atoms with Gasteiger partial charge in [-0.1, -0.05) is 0 Å². The van der Waals surface area contributed by atoms with Gasteiger partial charge in [-0.15, -0.1) is 0 Å². The zero-order chi connectivity index (χ0) is 10.7. The third-order valence-corrected chi connectivity index (χ3v) is 1.85. The second-order valence-electron chi connectivity index (χ2n) is 2.81. The summed E-state index contributed by atoms with van der Waals surface area (Å²) in [6.07, 6.45) is 7.94. The number of rotatable bonds is 2. The van der Waals surface area contributed by atoms with Crippen molar-refractivity contribution < 1.29 is 4.79 Å². The number of carbonyl (C=O) groups is 1. The van der Waals surface area contributed by atoms with Crippen molar-refractivity contribution >= 4 is 5.91 Å². The van der Waals surface area contributed by atoms with Crippen molar-refractivity contribution in [1.29, 1.82) is 0 Å². The smallest absolute Gasteiger partial charge is 0.271 e. The van der Waals surface area contributed by atoms with E-state index in [4.69, 9.17) is 0 Å². The molecule has 2 aromatic heterocycles. The van der Waals surface area contributed by atoms with Crippen molar-refractivity contribution in [2.75, 3.05) is 7.05 Å². The van der Waals surface area contributed by atoms with Gasteiger partial charge in [0.1, 0.15) is 12.0 Å². The molecule has 0 bridgehead atoms. The van der Waals surface area contributed by atoms with Crippen LogP contribution >= 0.6 is 0 Å². The maximum atomic E-state index is 11.3. The molecule has 2 aromatic rings. The molecule has 0 unspecified atom stereocenters. The molecule has 1 N–H and O–H groups in total. The third-order valence-electron chi connectivity index (χ3n) is 1.85. The molecule has 1 amide bonds. The van der Waals surface area contributed by atoms with Gasteiger partial charge in [0.25, 0.3) is 5.91 Å². The quantitative estimate of drug-likeness (QED) is 0.746. The Bertz CT molecular complexity index is 465. The first-order chi connectivity index (χ1) is 7.31. The minimum atomic E-state index is -0.260. The summed E-state index contributed by atoms with van der Waals surface area (Å²) in [6, 6.07) is 0. The Kier molecular flexibility index (Phi) is 2.40. The van der Waals surface area contributed by atoms with Crippen molar-refractivity contribution in [1.82, 2.24) is 24.8 Å². The maximum Gasteiger partial charge on any atom is 0.271 e. The summed E-state index contributed by atoms with van der Waals surface area (Å²) in [5, 5.41) is 2.49. The van der Waals surface area contributed by atoms with Crippen molar-refractivity contribution in [3.8, 4) is 5.82 Å². The largest absolute Gasteiger partial charge is 0.354 e. The summed E-state index contributed by atoms with van der Waals surface area (Å²) >= 11 is 0. The van der Waals surface area contributed by atoms with Gasteiger partial charge in [0.2, 0.25) is 0 Å². The Hall–Kier alpha value is -2.24. The summed E-state index contributed by atoms with van der Waals surface area (Å²) in [5.74, 6) is 0.304. The lowest BCUT2D eigenvalue weighted by molar-refractivity contribution is 0.0957. The van der Waals surface area contributed by atoms with Gasteiger partial charge in [0.15, 0.2) is 5.82 Å². The van der Waals surface area contributed by atoms with Crippen molar-refractivity contribution in [3.05, 3.63) is 36.8 Å². The second-order valence-corrected chi connectivity index (χ2v) is 2.81. The number of carbonyl (C=O) groups excluding carboxylic acids is 1. The van der Waals surface area contributed by atoms with Gasteiger partial charge < -0.3 is 5.32 Å². The molecule has 0 spiro atoms. The van der Waals surface area contributed by atoms with E-state index in [1.54, 1.807) is 36.5 Å². The first-order valence-corrected chi connectivity index (χ1v) is 4.33. The normalized spacial score (nSPS) is 9.93. The highest BCUT2D eigenvalue weighted by Crippen LogP contribution is 2.02. The molecule has 0 radical (unpaired) electrons. The Morgan fingerprint density at radius 1 is 1.40 bits per heavy atom. The Morgan fingerprint density at radius 3 is 2.93 bits per heavy atom. The highest BCUT2D eigenvalue weighted by atomic mass is 16.1. The Morgan fingerprint density at radius 2 is 2.27 bits per heavy atom. The molecule has 2 rings (SSSR count). The highest BCUT2D eigenvalue weighted by molar-refractivity contribution is 5.91. The van der Waals surface area contributed by atoms with Crippen LogP contribution in [0.5, 0.6) is 0 Å². The molecule has 0 aliphatic carbocycles. The van der Waals surface area contributed by atoms with Gasteiger partial charge in [-0.25, -0.2) is 9.97 Å². The summed E-state index contributed by atoms with van der Waals surface area (Å²) in [7, 11) is 1.55. The number of aromatic nitrogens is 4. The molecule has 6 heteroatoms. The van der Waals surface area contributed by atoms with Crippen molar-refractivity contribution in [2.24, 2.45) is 0 Å². The average Bonchev–Trinajstić information content (AvgIpc) is 2.82.